The highest BCUT2D eigenvalue weighted by Gasteiger charge is 2.45. The number of alkyl halides is 3. The van der Waals surface area contributed by atoms with Gasteiger partial charge in [0.2, 0.25) is 5.91 Å². The minimum absolute atomic E-state index is 0.0969. The van der Waals surface area contributed by atoms with Gasteiger partial charge in [-0.2, -0.15) is 18.3 Å². The van der Waals surface area contributed by atoms with Crippen LogP contribution in [0.2, 0.25) is 0 Å². The second-order valence-electron chi connectivity index (χ2n) is 6.55. The van der Waals surface area contributed by atoms with Gasteiger partial charge < -0.3 is 10.2 Å². The quantitative estimate of drug-likeness (QED) is 0.902. The molecule has 1 aliphatic carbocycles. The number of nitrogens with zero attached hydrogens (tertiary/aromatic N) is 3. The highest BCUT2D eigenvalue weighted by molar-refractivity contribution is 5.93. The van der Waals surface area contributed by atoms with Crippen LogP contribution < -0.4 is 5.32 Å². The molecule has 2 amide bonds. The van der Waals surface area contributed by atoms with E-state index in [0.29, 0.717) is 19.0 Å². The number of carbonyl (C=O) groups excluding carboxylic acids is 2. The summed E-state index contributed by atoms with van der Waals surface area (Å²) >= 11 is 0. The Morgan fingerprint density at radius 1 is 1.29 bits per heavy atom. The molecule has 9 heteroatoms. The Bertz CT molecular complexity index is 666. The Labute approximate surface area is 137 Å². The van der Waals surface area contributed by atoms with Crippen molar-refractivity contribution < 1.29 is 22.8 Å². The number of likely N-dealkylation sites (tertiary alicyclic amines) is 1. The lowest BCUT2D eigenvalue weighted by atomic mass is 9.98. The number of hydrogen-bond donors (Lipinski definition) is 1. The zero-order chi connectivity index (χ0) is 17.6. The van der Waals surface area contributed by atoms with E-state index in [9.17, 15) is 22.8 Å². The highest BCUT2D eigenvalue weighted by atomic mass is 19.4. The number of halogens is 3. The topological polar surface area (TPSA) is 67.2 Å². The lowest BCUT2D eigenvalue weighted by molar-refractivity contribution is -0.141. The van der Waals surface area contributed by atoms with Crippen LogP contribution in [0.5, 0.6) is 0 Å². The van der Waals surface area contributed by atoms with Crippen LogP contribution in [0.4, 0.5) is 13.2 Å². The molecule has 1 aliphatic heterocycles. The number of nitrogens with one attached hydrogen (secondary N) is 1. The summed E-state index contributed by atoms with van der Waals surface area (Å²) in [5.74, 6) is -0.0241. The van der Waals surface area contributed by atoms with E-state index in [2.05, 4.69) is 10.4 Å². The molecule has 2 heterocycles. The number of aromatic nitrogens is 2. The average molecular weight is 344 g/mol. The molecule has 2 fully saturated rings. The van der Waals surface area contributed by atoms with Gasteiger partial charge in [-0.25, -0.2) is 0 Å². The summed E-state index contributed by atoms with van der Waals surface area (Å²) in [6.45, 7) is 2.18. The number of hydrogen-bond acceptors (Lipinski definition) is 3. The minimum atomic E-state index is -4.59. The molecule has 0 bridgehead atoms. The molecule has 1 aromatic rings. The second kappa shape index (κ2) is 5.78. The van der Waals surface area contributed by atoms with Crippen molar-refractivity contribution in [2.24, 2.45) is 18.9 Å². The molecule has 0 spiro atoms. The van der Waals surface area contributed by atoms with Crippen LogP contribution in [-0.2, 0) is 18.0 Å². The Balaban J connectivity index is 1.78. The summed E-state index contributed by atoms with van der Waals surface area (Å²) in [6.07, 6.45) is -2.46. The monoisotopic (exact) mass is 344 g/mol. The summed E-state index contributed by atoms with van der Waals surface area (Å²) in [5, 5.41) is 6.24. The molecule has 0 unspecified atom stereocenters. The largest absolute Gasteiger partial charge is 0.435 e. The molecule has 1 N–H and O–H groups in total. The first-order chi connectivity index (χ1) is 11.2. The zero-order valence-corrected chi connectivity index (χ0v) is 13.4. The maximum Gasteiger partial charge on any atom is 0.435 e. The van der Waals surface area contributed by atoms with Crippen LogP contribution in [0.15, 0.2) is 6.07 Å². The van der Waals surface area contributed by atoms with E-state index in [-0.39, 0.29) is 23.6 Å². The molecule has 132 valence electrons. The first-order valence-electron chi connectivity index (χ1n) is 7.84. The Morgan fingerprint density at radius 2 is 1.96 bits per heavy atom. The summed E-state index contributed by atoms with van der Waals surface area (Å²) < 4.78 is 39.2. The first-order valence-corrected chi connectivity index (χ1v) is 7.84. The van der Waals surface area contributed by atoms with Gasteiger partial charge in [0.25, 0.3) is 5.91 Å². The van der Waals surface area contributed by atoms with Gasteiger partial charge in [0.05, 0.1) is 6.04 Å². The van der Waals surface area contributed by atoms with E-state index in [1.807, 2.05) is 0 Å². The van der Waals surface area contributed by atoms with Crippen molar-refractivity contribution in [3.63, 3.8) is 0 Å². The third-order valence-corrected chi connectivity index (χ3v) is 4.66. The molecule has 2 atom stereocenters. The molecule has 3 rings (SSSR count). The van der Waals surface area contributed by atoms with Gasteiger partial charge in [0.1, 0.15) is 5.69 Å². The predicted octanol–water partition coefficient (Wildman–Crippen LogP) is 1.43. The summed E-state index contributed by atoms with van der Waals surface area (Å²) in [6, 6.07) is 0.634. The van der Waals surface area contributed by atoms with Crippen molar-refractivity contribution in [2.45, 2.75) is 32.0 Å². The zero-order valence-electron chi connectivity index (χ0n) is 13.4. The van der Waals surface area contributed by atoms with E-state index in [1.54, 1.807) is 0 Å². The maximum absolute atomic E-state index is 12.8. The Kier molecular flexibility index (Phi) is 4.05. The van der Waals surface area contributed by atoms with Gasteiger partial charge in [-0.05, 0) is 18.8 Å². The van der Waals surface area contributed by atoms with Gasteiger partial charge in [-0.1, -0.05) is 0 Å². The third-order valence-electron chi connectivity index (χ3n) is 4.66. The summed E-state index contributed by atoms with van der Waals surface area (Å²) in [5.41, 5.74) is -1.18. The van der Waals surface area contributed by atoms with Crippen molar-refractivity contribution in [3.05, 3.63) is 17.5 Å². The Hall–Kier alpha value is -2.06. The fourth-order valence-electron chi connectivity index (χ4n) is 3.38. The standard InChI is InChI=1S/C15H19F3N4O2/c1-8(23)19-11-7-22(6-10(11)9-3-4-9)14(24)12-5-13(15(16,17)18)20-21(12)2/h5,9-11H,3-4,6-7H2,1-2H3,(H,19,23)/t10-,11+/m1/s1. The van der Waals surface area contributed by atoms with Crippen LogP contribution in [0.25, 0.3) is 0 Å². The van der Waals surface area contributed by atoms with E-state index in [0.717, 1.165) is 23.6 Å². The molecule has 1 saturated carbocycles. The third kappa shape index (κ3) is 3.25. The van der Waals surface area contributed by atoms with Gasteiger partial charge in [0.15, 0.2) is 5.69 Å². The van der Waals surface area contributed by atoms with Crippen molar-refractivity contribution >= 4 is 11.8 Å². The SMILES string of the molecule is CC(=O)N[C@H]1CN(C(=O)c2cc(C(F)(F)F)nn2C)C[C@@H]1C1CC1. The van der Waals surface area contributed by atoms with Crippen molar-refractivity contribution in [2.75, 3.05) is 13.1 Å². The molecule has 6 nitrogen and oxygen atoms in total. The molecule has 1 aromatic heterocycles. The lowest BCUT2D eigenvalue weighted by Crippen LogP contribution is -2.40. The van der Waals surface area contributed by atoms with Gasteiger partial charge >= 0.3 is 6.18 Å². The smallest absolute Gasteiger partial charge is 0.351 e. The number of rotatable bonds is 3. The Morgan fingerprint density at radius 3 is 2.46 bits per heavy atom. The minimum Gasteiger partial charge on any atom is -0.351 e. The van der Waals surface area contributed by atoms with Gasteiger partial charge in [0, 0.05) is 39.0 Å². The van der Waals surface area contributed by atoms with Gasteiger partial charge in [-0.3, -0.25) is 14.3 Å². The van der Waals surface area contributed by atoms with E-state index < -0.39 is 17.8 Å². The second-order valence-corrected chi connectivity index (χ2v) is 6.55. The predicted molar refractivity (Wildman–Crippen MR) is 77.9 cm³/mol. The van der Waals surface area contributed by atoms with E-state index >= 15 is 0 Å². The normalized spacial score (nSPS) is 24.3. The lowest BCUT2D eigenvalue weighted by Gasteiger charge is -2.17. The fraction of sp³-hybridized carbons (Fsp3) is 0.667. The van der Waals surface area contributed by atoms with Gasteiger partial charge in [-0.15, -0.1) is 0 Å². The van der Waals surface area contributed by atoms with Crippen molar-refractivity contribution in [3.8, 4) is 0 Å². The maximum atomic E-state index is 12.8. The van der Waals surface area contributed by atoms with Crippen LogP contribution in [0.1, 0.15) is 35.9 Å². The van der Waals surface area contributed by atoms with Crippen LogP contribution in [0, 0.1) is 11.8 Å². The van der Waals surface area contributed by atoms with Crippen LogP contribution >= 0.6 is 0 Å². The number of carbonyl (C=O) groups is 2. The molecule has 0 aromatic carbocycles. The first kappa shape index (κ1) is 16.8. The summed E-state index contributed by atoms with van der Waals surface area (Å²) in [4.78, 5) is 25.5. The van der Waals surface area contributed by atoms with Crippen LogP contribution in [-0.4, -0.2) is 45.6 Å². The fourth-order valence-corrected chi connectivity index (χ4v) is 3.38. The van der Waals surface area contributed by atoms with Crippen LogP contribution in [0.3, 0.4) is 0 Å². The van der Waals surface area contributed by atoms with E-state index in [4.69, 9.17) is 0 Å². The van der Waals surface area contributed by atoms with Crippen molar-refractivity contribution in [1.29, 1.82) is 0 Å². The number of amides is 2. The molecule has 0 radical (unpaired) electrons. The average Bonchev–Trinajstić information content (AvgIpc) is 3.10. The van der Waals surface area contributed by atoms with E-state index in [1.165, 1.54) is 18.9 Å². The molecular weight excluding hydrogens is 325 g/mol. The highest BCUT2D eigenvalue weighted by Crippen LogP contribution is 2.41. The molecule has 24 heavy (non-hydrogen) atoms. The number of aryl methyl sites for hydroxylation is 1. The summed E-state index contributed by atoms with van der Waals surface area (Å²) in [7, 11) is 1.32. The molecule has 1 saturated heterocycles. The molecule has 2 aliphatic rings. The molecular formula is C15H19F3N4O2. The van der Waals surface area contributed by atoms with Crippen molar-refractivity contribution in [1.82, 2.24) is 20.0 Å².